The standard InChI is InChI=1S/C16H16BrN3/c1-9-5-6-12(10(2)7-9)15-18-11(3)14-13(17)8-20(4)16(14)19-15/h5-8H,1-4H3. The lowest BCUT2D eigenvalue weighted by atomic mass is 10.1. The fourth-order valence-electron chi connectivity index (χ4n) is 2.57. The third-order valence-electron chi connectivity index (χ3n) is 3.57. The summed E-state index contributed by atoms with van der Waals surface area (Å²) in [6.45, 7) is 6.23. The van der Waals surface area contributed by atoms with Gasteiger partial charge in [0.05, 0.1) is 11.1 Å². The average Bonchev–Trinajstić information content (AvgIpc) is 2.65. The van der Waals surface area contributed by atoms with Gasteiger partial charge in [0.2, 0.25) is 0 Å². The minimum Gasteiger partial charge on any atom is -0.334 e. The molecular formula is C16H16BrN3. The minimum atomic E-state index is 0.793. The second-order valence-electron chi connectivity index (χ2n) is 5.24. The first kappa shape index (κ1) is 13.3. The van der Waals surface area contributed by atoms with Crippen LogP contribution in [0.2, 0.25) is 0 Å². The lowest BCUT2D eigenvalue weighted by molar-refractivity contribution is 0.941. The van der Waals surface area contributed by atoms with Gasteiger partial charge in [0.1, 0.15) is 5.65 Å². The summed E-state index contributed by atoms with van der Waals surface area (Å²) in [5.74, 6) is 0.793. The van der Waals surface area contributed by atoms with Crippen LogP contribution >= 0.6 is 15.9 Å². The highest BCUT2D eigenvalue weighted by Crippen LogP contribution is 2.29. The maximum atomic E-state index is 4.74. The van der Waals surface area contributed by atoms with E-state index in [-0.39, 0.29) is 0 Å². The highest BCUT2D eigenvalue weighted by molar-refractivity contribution is 9.10. The molecule has 0 spiro atoms. The molecule has 3 nitrogen and oxygen atoms in total. The first-order valence-corrected chi connectivity index (χ1v) is 7.33. The number of hydrogen-bond donors (Lipinski definition) is 0. The number of hydrogen-bond acceptors (Lipinski definition) is 2. The van der Waals surface area contributed by atoms with Gasteiger partial charge in [0.25, 0.3) is 0 Å². The van der Waals surface area contributed by atoms with Crippen molar-refractivity contribution in [3.63, 3.8) is 0 Å². The molecule has 0 radical (unpaired) electrons. The van der Waals surface area contributed by atoms with Crippen LogP contribution in [0.1, 0.15) is 16.8 Å². The fourth-order valence-corrected chi connectivity index (χ4v) is 3.34. The van der Waals surface area contributed by atoms with Crippen molar-refractivity contribution in [3.05, 3.63) is 45.7 Å². The zero-order chi connectivity index (χ0) is 14.4. The summed E-state index contributed by atoms with van der Waals surface area (Å²) in [4.78, 5) is 9.42. The normalized spacial score (nSPS) is 11.2. The van der Waals surface area contributed by atoms with E-state index in [4.69, 9.17) is 4.98 Å². The van der Waals surface area contributed by atoms with Gasteiger partial charge in [-0.1, -0.05) is 23.8 Å². The van der Waals surface area contributed by atoms with Gasteiger partial charge in [-0.15, -0.1) is 0 Å². The molecular weight excluding hydrogens is 314 g/mol. The maximum absolute atomic E-state index is 4.74. The van der Waals surface area contributed by atoms with E-state index in [2.05, 4.69) is 53.0 Å². The summed E-state index contributed by atoms with van der Waals surface area (Å²) in [6, 6.07) is 6.37. The van der Waals surface area contributed by atoms with Gasteiger partial charge in [-0.3, -0.25) is 0 Å². The van der Waals surface area contributed by atoms with Gasteiger partial charge < -0.3 is 4.57 Å². The molecule has 2 aromatic heterocycles. The van der Waals surface area contributed by atoms with Crippen LogP contribution in [0.25, 0.3) is 22.4 Å². The number of benzene rings is 1. The van der Waals surface area contributed by atoms with E-state index in [9.17, 15) is 0 Å². The molecule has 0 saturated carbocycles. The molecule has 2 heterocycles. The topological polar surface area (TPSA) is 30.7 Å². The van der Waals surface area contributed by atoms with Crippen LogP contribution in [0, 0.1) is 20.8 Å². The van der Waals surface area contributed by atoms with Gasteiger partial charge in [-0.05, 0) is 42.3 Å². The average molecular weight is 330 g/mol. The Balaban J connectivity index is 2.30. The van der Waals surface area contributed by atoms with Gasteiger partial charge in [-0.25, -0.2) is 9.97 Å². The van der Waals surface area contributed by atoms with E-state index in [0.717, 1.165) is 32.6 Å². The Labute approximate surface area is 126 Å². The number of nitrogens with zero attached hydrogens (tertiary/aromatic N) is 3. The molecule has 0 atom stereocenters. The number of fused-ring (bicyclic) bond motifs is 1. The quantitative estimate of drug-likeness (QED) is 0.665. The van der Waals surface area contributed by atoms with Gasteiger partial charge in [-0.2, -0.15) is 0 Å². The predicted molar refractivity (Wildman–Crippen MR) is 85.9 cm³/mol. The third kappa shape index (κ3) is 2.04. The highest BCUT2D eigenvalue weighted by atomic mass is 79.9. The summed E-state index contributed by atoms with van der Waals surface area (Å²) in [5, 5.41) is 1.08. The zero-order valence-electron chi connectivity index (χ0n) is 12.0. The molecule has 102 valence electrons. The third-order valence-corrected chi connectivity index (χ3v) is 4.17. The molecule has 3 aromatic rings. The Morgan fingerprint density at radius 3 is 2.55 bits per heavy atom. The predicted octanol–water partition coefficient (Wildman–Crippen LogP) is 4.32. The van der Waals surface area contributed by atoms with E-state index in [1.807, 2.05) is 24.7 Å². The second kappa shape index (κ2) is 4.70. The van der Waals surface area contributed by atoms with Crippen molar-refractivity contribution in [1.82, 2.24) is 14.5 Å². The summed E-state index contributed by atoms with van der Waals surface area (Å²) in [5.41, 5.74) is 5.51. The van der Waals surface area contributed by atoms with E-state index >= 15 is 0 Å². The van der Waals surface area contributed by atoms with Crippen LogP contribution in [0.4, 0.5) is 0 Å². The van der Waals surface area contributed by atoms with Crippen LogP contribution in [0.5, 0.6) is 0 Å². The van der Waals surface area contributed by atoms with Crippen LogP contribution in [-0.2, 0) is 7.05 Å². The second-order valence-corrected chi connectivity index (χ2v) is 6.09. The van der Waals surface area contributed by atoms with E-state index in [1.165, 1.54) is 11.1 Å². The molecule has 0 aliphatic carbocycles. The first-order chi connectivity index (χ1) is 9.47. The molecule has 0 amide bonds. The molecule has 0 aliphatic rings. The Bertz CT molecular complexity index is 818. The molecule has 20 heavy (non-hydrogen) atoms. The largest absolute Gasteiger partial charge is 0.334 e. The summed E-state index contributed by atoms with van der Waals surface area (Å²) in [6.07, 6.45) is 2.03. The van der Waals surface area contributed by atoms with Crippen molar-refractivity contribution < 1.29 is 0 Å². The van der Waals surface area contributed by atoms with E-state index < -0.39 is 0 Å². The van der Waals surface area contributed by atoms with E-state index in [0.29, 0.717) is 0 Å². The molecule has 0 bridgehead atoms. The maximum Gasteiger partial charge on any atom is 0.162 e. The Kier molecular flexibility index (Phi) is 3.13. The van der Waals surface area contributed by atoms with Crippen molar-refractivity contribution in [3.8, 4) is 11.4 Å². The molecule has 0 saturated heterocycles. The molecule has 3 rings (SSSR count). The molecule has 0 aliphatic heterocycles. The first-order valence-electron chi connectivity index (χ1n) is 6.54. The van der Waals surface area contributed by atoms with Crippen LogP contribution in [0.15, 0.2) is 28.9 Å². The number of halogens is 1. The molecule has 1 aromatic carbocycles. The molecule has 4 heteroatoms. The van der Waals surface area contributed by atoms with Crippen molar-refractivity contribution in [1.29, 1.82) is 0 Å². The Morgan fingerprint density at radius 1 is 1.10 bits per heavy atom. The van der Waals surface area contributed by atoms with Gasteiger partial charge in [0.15, 0.2) is 5.82 Å². The number of aromatic nitrogens is 3. The SMILES string of the molecule is Cc1ccc(-c2nc(C)c3c(Br)cn(C)c3n2)c(C)c1. The summed E-state index contributed by atoms with van der Waals surface area (Å²) < 4.78 is 3.07. The molecule has 0 unspecified atom stereocenters. The summed E-state index contributed by atoms with van der Waals surface area (Å²) in [7, 11) is 2.01. The summed E-state index contributed by atoms with van der Waals surface area (Å²) >= 11 is 3.57. The lowest BCUT2D eigenvalue weighted by Gasteiger charge is -2.08. The van der Waals surface area contributed by atoms with Gasteiger partial charge >= 0.3 is 0 Å². The molecule has 0 fully saturated rings. The van der Waals surface area contributed by atoms with Gasteiger partial charge in [0, 0.05) is 23.3 Å². The minimum absolute atomic E-state index is 0.793. The zero-order valence-corrected chi connectivity index (χ0v) is 13.6. The fraction of sp³-hybridized carbons (Fsp3) is 0.250. The number of rotatable bonds is 1. The van der Waals surface area contributed by atoms with Crippen LogP contribution in [-0.4, -0.2) is 14.5 Å². The van der Waals surface area contributed by atoms with Crippen molar-refractivity contribution in [2.45, 2.75) is 20.8 Å². The van der Waals surface area contributed by atoms with Crippen molar-refractivity contribution in [2.24, 2.45) is 7.05 Å². The van der Waals surface area contributed by atoms with Crippen LogP contribution < -0.4 is 0 Å². The van der Waals surface area contributed by atoms with Crippen molar-refractivity contribution >= 4 is 27.0 Å². The van der Waals surface area contributed by atoms with Crippen molar-refractivity contribution in [2.75, 3.05) is 0 Å². The Hall–Kier alpha value is -1.68. The molecule has 0 N–H and O–H groups in total. The number of aryl methyl sites for hydroxylation is 4. The van der Waals surface area contributed by atoms with Crippen LogP contribution in [0.3, 0.4) is 0 Å². The Morgan fingerprint density at radius 2 is 1.85 bits per heavy atom. The lowest BCUT2D eigenvalue weighted by Crippen LogP contribution is -1.98. The van der Waals surface area contributed by atoms with E-state index in [1.54, 1.807) is 0 Å². The monoisotopic (exact) mass is 329 g/mol. The smallest absolute Gasteiger partial charge is 0.162 e. The highest BCUT2D eigenvalue weighted by Gasteiger charge is 2.13.